The summed E-state index contributed by atoms with van der Waals surface area (Å²) in [7, 11) is 0. The molecular weight excluding hydrogens is 294 g/mol. The molecule has 5 aromatic rings. The molecule has 0 saturated heterocycles. The highest BCUT2D eigenvalue weighted by Gasteiger charge is 2.07. The van der Waals surface area contributed by atoms with Crippen molar-refractivity contribution >= 4 is 44.1 Å². The van der Waals surface area contributed by atoms with E-state index in [1.807, 2.05) is 18.2 Å². The van der Waals surface area contributed by atoms with Crippen molar-refractivity contribution in [1.82, 2.24) is 0 Å². The maximum atomic E-state index is 5.98. The number of anilines is 2. The smallest absolute Gasteiger partial charge is 0.137 e. The van der Waals surface area contributed by atoms with Crippen molar-refractivity contribution in [2.24, 2.45) is 0 Å². The lowest BCUT2D eigenvalue weighted by molar-refractivity contribution is 0.669. The Morgan fingerprint density at radius 3 is 2.29 bits per heavy atom. The summed E-state index contributed by atoms with van der Waals surface area (Å²) in [6.07, 6.45) is 0. The minimum Gasteiger partial charge on any atom is -0.456 e. The zero-order valence-corrected chi connectivity index (χ0v) is 13.0. The number of hydrogen-bond donors (Lipinski definition) is 1. The number of furan rings is 1. The topological polar surface area (TPSA) is 25.2 Å². The number of benzene rings is 4. The molecule has 5 rings (SSSR count). The number of rotatable bonds is 2. The van der Waals surface area contributed by atoms with Crippen molar-refractivity contribution in [1.29, 1.82) is 0 Å². The molecular formula is C22H15NO. The molecule has 0 radical (unpaired) electrons. The van der Waals surface area contributed by atoms with E-state index in [-0.39, 0.29) is 0 Å². The average molecular weight is 309 g/mol. The molecule has 2 heteroatoms. The van der Waals surface area contributed by atoms with Gasteiger partial charge in [0.2, 0.25) is 0 Å². The minimum atomic E-state index is 0.904. The fourth-order valence-electron chi connectivity index (χ4n) is 3.29. The van der Waals surface area contributed by atoms with Gasteiger partial charge in [0.25, 0.3) is 0 Å². The van der Waals surface area contributed by atoms with Crippen LogP contribution in [0.25, 0.3) is 32.7 Å². The van der Waals surface area contributed by atoms with Crippen molar-refractivity contribution in [2.45, 2.75) is 0 Å². The van der Waals surface area contributed by atoms with Gasteiger partial charge in [0.15, 0.2) is 0 Å². The Morgan fingerprint density at radius 1 is 0.583 bits per heavy atom. The molecule has 0 aliphatic heterocycles. The molecule has 0 fully saturated rings. The van der Waals surface area contributed by atoms with Gasteiger partial charge in [0, 0.05) is 33.6 Å². The third-order valence-electron chi connectivity index (χ3n) is 4.45. The second-order valence-electron chi connectivity index (χ2n) is 5.96. The summed E-state index contributed by atoms with van der Waals surface area (Å²) in [5, 5.41) is 8.27. The van der Waals surface area contributed by atoms with E-state index in [1.165, 1.54) is 10.8 Å². The van der Waals surface area contributed by atoms with Gasteiger partial charge in [-0.3, -0.25) is 0 Å². The van der Waals surface area contributed by atoms with E-state index < -0.39 is 0 Å². The summed E-state index contributed by atoms with van der Waals surface area (Å²) in [6.45, 7) is 0. The van der Waals surface area contributed by atoms with Crippen LogP contribution in [0, 0.1) is 0 Å². The number of fused-ring (bicyclic) bond motifs is 4. The molecule has 0 aliphatic carbocycles. The first-order valence-corrected chi connectivity index (χ1v) is 8.04. The number of hydrogen-bond acceptors (Lipinski definition) is 2. The molecule has 24 heavy (non-hydrogen) atoms. The molecule has 0 aliphatic rings. The number of para-hydroxylation sites is 1. The second kappa shape index (κ2) is 5.14. The van der Waals surface area contributed by atoms with Crippen LogP contribution in [-0.2, 0) is 0 Å². The lowest BCUT2D eigenvalue weighted by Gasteiger charge is -2.09. The van der Waals surface area contributed by atoms with E-state index in [1.54, 1.807) is 0 Å². The van der Waals surface area contributed by atoms with Crippen molar-refractivity contribution in [3.63, 3.8) is 0 Å². The first kappa shape index (κ1) is 13.2. The van der Waals surface area contributed by atoms with Crippen LogP contribution in [0.4, 0.5) is 11.4 Å². The Bertz CT molecular complexity index is 1180. The maximum Gasteiger partial charge on any atom is 0.137 e. The van der Waals surface area contributed by atoms with Gasteiger partial charge in [-0.2, -0.15) is 0 Å². The summed E-state index contributed by atoms with van der Waals surface area (Å²) in [5.74, 6) is 0. The molecule has 1 heterocycles. The molecule has 0 unspecified atom stereocenters. The molecule has 0 atom stereocenters. The Kier molecular flexibility index (Phi) is 2.83. The standard InChI is InChI=1S/C22H15NO/c1-2-8-17-15(6-1)7-5-10-20(17)23-16-12-13-19-18-9-3-4-11-21(18)24-22(19)14-16/h1-14,23H. The van der Waals surface area contributed by atoms with Crippen LogP contribution < -0.4 is 5.32 Å². The predicted octanol–water partition coefficient (Wildman–Crippen LogP) is 6.48. The minimum absolute atomic E-state index is 0.904. The molecule has 0 amide bonds. The highest BCUT2D eigenvalue weighted by Crippen LogP contribution is 2.32. The van der Waals surface area contributed by atoms with E-state index in [0.717, 1.165) is 33.3 Å². The van der Waals surface area contributed by atoms with E-state index in [0.29, 0.717) is 0 Å². The molecule has 2 nitrogen and oxygen atoms in total. The van der Waals surface area contributed by atoms with Crippen LogP contribution >= 0.6 is 0 Å². The Labute approximate surface area is 139 Å². The van der Waals surface area contributed by atoms with Crippen LogP contribution in [-0.4, -0.2) is 0 Å². The van der Waals surface area contributed by atoms with E-state index >= 15 is 0 Å². The van der Waals surface area contributed by atoms with Crippen molar-refractivity contribution in [3.8, 4) is 0 Å². The Hall–Kier alpha value is -3.26. The fraction of sp³-hybridized carbons (Fsp3) is 0. The maximum absolute atomic E-state index is 5.98. The van der Waals surface area contributed by atoms with Gasteiger partial charge in [-0.15, -0.1) is 0 Å². The van der Waals surface area contributed by atoms with Gasteiger partial charge >= 0.3 is 0 Å². The summed E-state index contributed by atoms with van der Waals surface area (Å²) in [5.41, 5.74) is 3.96. The molecule has 1 aromatic heterocycles. The summed E-state index contributed by atoms with van der Waals surface area (Å²) < 4.78 is 5.98. The molecule has 4 aromatic carbocycles. The van der Waals surface area contributed by atoms with Crippen LogP contribution in [0.5, 0.6) is 0 Å². The van der Waals surface area contributed by atoms with E-state index in [4.69, 9.17) is 4.42 Å². The molecule has 1 N–H and O–H groups in total. The largest absolute Gasteiger partial charge is 0.456 e. The lowest BCUT2D eigenvalue weighted by atomic mass is 10.1. The summed E-state index contributed by atoms with van der Waals surface area (Å²) in [4.78, 5) is 0. The van der Waals surface area contributed by atoms with Gasteiger partial charge in [0.1, 0.15) is 11.2 Å². The monoisotopic (exact) mass is 309 g/mol. The third-order valence-corrected chi connectivity index (χ3v) is 4.45. The third kappa shape index (κ3) is 2.04. The highest BCUT2D eigenvalue weighted by atomic mass is 16.3. The molecule has 0 bridgehead atoms. The summed E-state index contributed by atoms with van der Waals surface area (Å²) in [6, 6.07) is 29.1. The molecule has 114 valence electrons. The van der Waals surface area contributed by atoms with E-state index in [2.05, 4.69) is 72.0 Å². The van der Waals surface area contributed by atoms with Crippen LogP contribution in [0.2, 0.25) is 0 Å². The van der Waals surface area contributed by atoms with Gasteiger partial charge < -0.3 is 9.73 Å². The van der Waals surface area contributed by atoms with Crippen LogP contribution in [0.15, 0.2) is 89.3 Å². The van der Waals surface area contributed by atoms with Crippen molar-refractivity contribution in [3.05, 3.63) is 84.9 Å². The van der Waals surface area contributed by atoms with Crippen LogP contribution in [0.1, 0.15) is 0 Å². The van der Waals surface area contributed by atoms with Crippen molar-refractivity contribution in [2.75, 3.05) is 5.32 Å². The highest BCUT2D eigenvalue weighted by molar-refractivity contribution is 6.06. The number of nitrogens with one attached hydrogen (secondary N) is 1. The quantitative estimate of drug-likeness (QED) is 0.403. The summed E-state index contributed by atoms with van der Waals surface area (Å²) >= 11 is 0. The second-order valence-corrected chi connectivity index (χ2v) is 5.96. The first-order chi connectivity index (χ1) is 11.9. The normalized spacial score (nSPS) is 11.3. The van der Waals surface area contributed by atoms with Gasteiger partial charge in [0.05, 0.1) is 0 Å². The predicted molar refractivity (Wildman–Crippen MR) is 101 cm³/mol. The molecule has 0 saturated carbocycles. The zero-order valence-electron chi connectivity index (χ0n) is 13.0. The Balaban J connectivity index is 1.62. The van der Waals surface area contributed by atoms with Crippen LogP contribution in [0.3, 0.4) is 0 Å². The zero-order chi connectivity index (χ0) is 15.9. The Morgan fingerprint density at radius 2 is 1.33 bits per heavy atom. The van der Waals surface area contributed by atoms with E-state index in [9.17, 15) is 0 Å². The SMILES string of the molecule is c1ccc2c(Nc3ccc4c(c3)oc3ccccc34)cccc2c1. The van der Waals surface area contributed by atoms with Gasteiger partial charge in [-0.05, 0) is 29.7 Å². The first-order valence-electron chi connectivity index (χ1n) is 8.04. The molecule has 0 spiro atoms. The lowest BCUT2D eigenvalue weighted by Crippen LogP contribution is -1.91. The fourth-order valence-corrected chi connectivity index (χ4v) is 3.29. The van der Waals surface area contributed by atoms with Gasteiger partial charge in [-0.1, -0.05) is 54.6 Å². The van der Waals surface area contributed by atoms with Gasteiger partial charge in [-0.25, -0.2) is 0 Å². The van der Waals surface area contributed by atoms with Crippen molar-refractivity contribution < 1.29 is 4.42 Å². The average Bonchev–Trinajstić information content (AvgIpc) is 3.00.